The Kier molecular flexibility index (Phi) is 6.66. The van der Waals surface area contributed by atoms with Crippen LogP contribution in [-0.4, -0.2) is 29.0 Å². The first-order valence-corrected chi connectivity index (χ1v) is 11.1. The van der Waals surface area contributed by atoms with Gasteiger partial charge in [-0.3, -0.25) is 9.98 Å². The largest absolute Gasteiger partial charge is 0.413 e. The van der Waals surface area contributed by atoms with E-state index in [4.69, 9.17) is 10.1 Å². The molecular weight excluding hydrogens is 439 g/mol. The molecule has 0 radical (unpaired) electrons. The molecule has 178 valence electrons. The zero-order valence-electron chi connectivity index (χ0n) is 19.4. The van der Waals surface area contributed by atoms with Gasteiger partial charge >= 0.3 is 6.18 Å². The normalized spacial score (nSPS) is 13.8. The molecule has 0 amide bonds. The average Bonchev–Trinajstić information content (AvgIpc) is 3.07. The highest BCUT2D eigenvalue weighted by Gasteiger charge is 2.44. The van der Waals surface area contributed by atoms with Gasteiger partial charge in [0.25, 0.3) is 0 Å². The summed E-state index contributed by atoms with van der Waals surface area (Å²) in [6.45, 7) is 4.10. The third kappa shape index (κ3) is 4.66. The molecule has 7 heteroatoms. The molecule has 4 nitrogen and oxygen atoms in total. The van der Waals surface area contributed by atoms with Crippen LogP contribution < -0.4 is 5.62 Å². The van der Waals surface area contributed by atoms with E-state index in [1.165, 1.54) is 12.1 Å². The van der Waals surface area contributed by atoms with Crippen LogP contribution in [0.3, 0.4) is 0 Å². The fourth-order valence-electron chi connectivity index (χ4n) is 4.49. The number of benzene rings is 3. The van der Waals surface area contributed by atoms with Gasteiger partial charge in [-0.1, -0.05) is 71.8 Å². The number of aromatic nitrogens is 2. The van der Waals surface area contributed by atoms with Crippen molar-refractivity contribution in [3.05, 3.63) is 101 Å². The lowest BCUT2D eigenvalue weighted by atomic mass is 10.0. The third-order valence-corrected chi connectivity index (χ3v) is 6.13. The molecule has 0 bridgehead atoms. The Morgan fingerprint density at radius 2 is 1.35 bits per heavy atom. The van der Waals surface area contributed by atoms with Gasteiger partial charge in [-0.15, -0.1) is 0 Å². The molecule has 3 aromatic carbocycles. The molecule has 0 saturated carbocycles. The van der Waals surface area contributed by atoms with Crippen LogP contribution in [0.25, 0.3) is 11.0 Å². The van der Waals surface area contributed by atoms with Crippen LogP contribution in [0.1, 0.15) is 34.3 Å². The van der Waals surface area contributed by atoms with Crippen molar-refractivity contribution >= 4 is 11.0 Å². The summed E-state index contributed by atoms with van der Waals surface area (Å²) in [5.41, 5.74) is 3.86. The monoisotopic (exact) mass is 467 g/mol. The highest BCUT2D eigenvalue weighted by atomic mass is 19.4. The third-order valence-electron chi connectivity index (χ3n) is 6.13. The van der Waals surface area contributed by atoms with Crippen LogP contribution in [-0.2, 0) is 11.2 Å². The quantitative estimate of drug-likeness (QED) is 0.350. The molecule has 0 aliphatic rings. The minimum atomic E-state index is -4.58. The maximum absolute atomic E-state index is 14.5. The van der Waals surface area contributed by atoms with E-state index >= 15 is 0 Å². The van der Waals surface area contributed by atoms with Gasteiger partial charge in [-0.2, -0.15) is 13.2 Å². The van der Waals surface area contributed by atoms with Gasteiger partial charge in [0.05, 0.1) is 23.7 Å². The summed E-state index contributed by atoms with van der Waals surface area (Å²) in [5, 5.41) is 8.96. The summed E-state index contributed by atoms with van der Waals surface area (Å²) < 4.78 is 51.7. The van der Waals surface area contributed by atoms with E-state index in [1.54, 1.807) is 48.1 Å². The molecular formula is C27H28F3N3O. The van der Waals surface area contributed by atoms with Gasteiger partial charge < -0.3 is 9.30 Å². The summed E-state index contributed by atoms with van der Waals surface area (Å²) in [4.78, 5) is 0. The van der Waals surface area contributed by atoms with Crippen LogP contribution in [0, 0.1) is 19.3 Å². The van der Waals surface area contributed by atoms with E-state index in [1.807, 2.05) is 38.1 Å². The van der Waals surface area contributed by atoms with Crippen LogP contribution in [0.5, 0.6) is 0 Å². The van der Waals surface area contributed by atoms with Crippen molar-refractivity contribution in [2.24, 2.45) is 0 Å². The Labute approximate surface area is 196 Å². The van der Waals surface area contributed by atoms with E-state index in [9.17, 15) is 13.2 Å². The van der Waals surface area contributed by atoms with Gasteiger partial charge in [0.1, 0.15) is 0 Å². The first-order valence-electron chi connectivity index (χ1n) is 11.1. The van der Waals surface area contributed by atoms with Crippen molar-refractivity contribution in [1.82, 2.24) is 9.13 Å². The van der Waals surface area contributed by atoms with Crippen molar-refractivity contribution in [2.75, 3.05) is 13.7 Å². The fraction of sp³-hybridized carbons (Fsp3) is 0.296. The topological polar surface area (TPSA) is 42.9 Å². The summed E-state index contributed by atoms with van der Waals surface area (Å²) >= 11 is 0. The molecule has 2 atom stereocenters. The van der Waals surface area contributed by atoms with Crippen molar-refractivity contribution in [2.45, 2.75) is 38.5 Å². The Hall–Kier alpha value is -3.32. The maximum atomic E-state index is 14.5. The molecule has 34 heavy (non-hydrogen) atoms. The number of alkyl halides is 3. The number of ether oxygens (including phenoxy) is 1. The molecule has 2 unspecified atom stereocenters. The summed E-state index contributed by atoms with van der Waals surface area (Å²) in [7, 11) is 1.57. The number of fused-ring (bicyclic) bond motifs is 1. The smallest absolute Gasteiger partial charge is 0.383 e. The number of nitrogens with one attached hydrogen (secondary N) is 1. The molecule has 0 aliphatic heterocycles. The van der Waals surface area contributed by atoms with E-state index in [2.05, 4.69) is 0 Å². The van der Waals surface area contributed by atoms with Gasteiger partial charge in [0, 0.05) is 7.11 Å². The number of nitrogens with zero attached hydrogens (tertiary/aromatic N) is 2. The lowest BCUT2D eigenvalue weighted by Crippen LogP contribution is -2.38. The zero-order valence-corrected chi connectivity index (χ0v) is 19.4. The molecule has 4 rings (SSSR count). The van der Waals surface area contributed by atoms with Gasteiger partial charge in [-0.05, 0) is 43.5 Å². The lowest BCUT2D eigenvalue weighted by molar-refractivity contribution is -0.157. The lowest BCUT2D eigenvalue weighted by Gasteiger charge is -2.24. The second kappa shape index (κ2) is 9.50. The van der Waals surface area contributed by atoms with Crippen LogP contribution in [0.2, 0.25) is 0 Å². The number of hydrogen-bond donors (Lipinski definition) is 1. The molecule has 0 aliphatic carbocycles. The molecule has 0 spiro atoms. The number of rotatable bonds is 7. The standard InChI is InChI=1S/C27H28F3N3O/c1-18-8-12-20(13-9-18)16-22(17-34-3)32-23-6-4-5-7-24(23)33(26(32)31)25(27(28,29)30)21-14-10-19(2)11-15-21/h4-15,22,25,31H,16-17H2,1-3H3. The summed E-state index contributed by atoms with van der Waals surface area (Å²) in [6.07, 6.45) is -4.06. The van der Waals surface area contributed by atoms with E-state index in [-0.39, 0.29) is 23.8 Å². The molecule has 0 fully saturated rings. The van der Waals surface area contributed by atoms with Crippen molar-refractivity contribution in [3.8, 4) is 0 Å². The highest BCUT2D eigenvalue weighted by molar-refractivity contribution is 5.76. The molecule has 1 heterocycles. The van der Waals surface area contributed by atoms with E-state index < -0.39 is 12.2 Å². The Bertz CT molecular complexity index is 1320. The Morgan fingerprint density at radius 3 is 1.88 bits per heavy atom. The number of para-hydroxylation sites is 2. The highest BCUT2D eigenvalue weighted by Crippen LogP contribution is 2.38. The number of imidazole rings is 1. The van der Waals surface area contributed by atoms with Gasteiger partial charge in [0.2, 0.25) is 5.62 Å². The van der Waals surface area contributed by atoms with E-state index in [0.29, 0.717) is 17.5 Å². The predicted octanol–water partition coefficient (Wildman–Crippen LogP) is 6.12. The van der Waals surface area contributed by atoms with Crippen molar-refractivity contribution < 1.29 is 17.9 Å². The van der Waals surface area contributed by atoms with Crippen LogP contribution >= 0.6 is 0 Å². The number of aryl methyl sites for hydroxylation is 2. The van der Waals surface area contributed by atoms with Gasteiger partial charge in [0.15, 0.2) is 6.04 Å². The SMILES string of the molecule is COCC(Cc1ccc(C)cc1)n1c(=N)n(C(c2ccc(C)cc2)C(F)(F)F)c2ccccc21. The van der Waals surface area contributed by atoms with Crippen LogP contribution in [0.15, 0.2) is 72.8 Å². The van der Waals surface area contributed by atoms with Crippen molar-refractivity contribution in [3.63, 3.8) is 0 Å². The zero-order chi connectivity index (χ0) is 24.5. The van der Waals surface area contributed by atoms with Crippen LogP contribution in [0.4, 0.5) is 13.2 Å². The van der Waals surface area contributed by atoms with Crippen molar-refractivity contribution in [1.29, 1.82) is 5.41 Å². The van der Waals surface area contributed by atoms with Gasteiger partial charge in [-0.25, -0.2) is 0 Å². The minimum absolute atomic E-state index is 0.0985. The molecule has 1 N–H and O–H groups in total. The first-order chi connectivity index (χ1) is 16.2. The molecule has 4 aromatic rings. The maximum Gasteiger partial charge on any atom is 0.413 e. The summed E-state index contributed by atoms with van der Waals surface area (Å²) in [5.74, 6) is 0. The Balaban J connectivity index is 1.92. The fourth-order valence-corrected chi connectivity index (χ4v) is 4.49. The molecule has 1 aromatic heterocycles. The first kappa shape index (κ1) is 23.8. The minimum Gasteiger partial charge on any atom is -0.383 e. The number of halogens is 3. The second-order valence-corrected chi connectivity index (χ2v) is 8.71. The summed E-state index contributed by atoms with van der Waals surface area (Å²) in [6, 6.07) is 18.9. The molecule has 0 saturated heterocycles. The number of hydrogen-bond acceptors (Lipinski definition) is 2. The number of methoxy groups -OCH3 is 1. The Morgan fingerprint density at radius 1 is 0.824 bits per heavy atom. The average molecular weight is 468 g/mol. The predicted molar refractivity (Wildman–Crippen MR) is 127 cm³/mol. The second-order valence-electron chi connectivity index (χ2n) is 8.71. The van der Waals surface area contributed by atoms with E-state index in [0.717, 1.165) is 21.3 Å².